The van der Waals surface area contributed by atoms with Gasteiger partial charge in [-0.05, 0) is 35.6 Å². The van der Waals surface area contributed by atoms with E-state index in [0.29, 0.717) is 37.3 Å². The molecule has 11 nitrogen and oxygen atoms in total. The summed E-state index contributed by atoms with van der Waals surface area (Å²) in [6, 6.07) is 26.1. The normalized spacial score (nSPS) is 17.6. The molecule has 2 aromatic heterocycles. The van der Waals surface area contributed by atoms with Crippen LogP contribution in [0.3, 0.4) is 0 Å². The second-order valence-electron chi connectivity index (χ2n) is 11.4. The van der Waals surface area contributed by atoms with E-state index >= 15 is 0 Å². The van der Waals surface area contributed by atoms with Gasteiger partial charge in [0.05, 0.1) is 41.8 Å². The Morgan fingerprint density at radius 1 is 0.979 bits per heavy atom. The first-order valence-corrected chi connectivity index (χ1v) is 16.0. The predicted molar refractivity (Wildman–Crippen MR) is 182 cm³/mol. The second-order valence-corrected chi connectivity index (χ2v) is 11.9. The zero-order valence-corrected chi connectivity index (χ0v) is 26.8. The van der Waals surface area contributed by atoms with Crippen LogP contribution in [0.25, 0.3) is 11.0 Å². The highest BCUT2D eigenvalue weighted by Gasteiger charge is 2.34. The number of methoxy groups -OCH3 is 1. The van der Waals surface area contributed by atoms with Crippen molar-refractivity contribution in [2.75, 3.05) is 25.5 Å². The summed E-state index contributed by atoms with van der Waals surface area (Å²) in [5.74, 6) is -0.820. The van der Waals surface area contributed by atoms with E-state index in [1.165, 1.54) is 13.4 Å². The van der Waals surface area contributed by atoms with Gasteiger partial charge in [0.15, 0.2) is 5.65 Å². The van der Waals surface area contributed by atoms with Crippen LogP contribution in [0.5, 0.6) is 0 Å². The van der Waals surface area contributed by atoms with Gasteiger partial charge in [-0.25, -0.2) is 14.8 Å². The molecule has 1 aliphatic rings. The Hall–Kier alpha value is -4.78. The van der Waals surface area contributed by atoms with E-state index in [0.717, 1.165) is 27.8 Å². The third-order valence-corrected chi connectivity index (χ3v) is 8.98. The first-order chi connectivity index (χ1) is 23.0. The van der Waals surface area contributed by atoms with E-state index in [9.17, 15) is 9.59 Å². The standard InChI is InChI=1S/C35H37N7O4S/c1-45-35(44)41-31(29(23-11-4-2-5-12-23)24-13-6-3-7-14-24)34(43)40-27-15-9-8-10-22(27)16-17-25-18-36-20-28(46-25)32(47)30-26-19-39-42-33(26)38-21-37-30/h2-15,19,21,25,28-29,31-32,36,47H,16-18,20H2,1H3,(H,40,43)(H,41,44)(H,37,38,39,42)/t25-,28+,31+,32?/m1/s1. The van der Waals surface area contributed by atoms with E-state index in [1.54, 1.807) is 6.20 Å². The Labute approximate surface area is 278 Å². The lowest BCUT2D eigenvalue weighted by Crippen LogP contribution is -2.48. The van der Waals surface area contributed by atoms with Crippen molar-refractivity contribution in [1.29, 1.82) is 0 Å². The van der Waals surface area contributed by atoms with E-state index in [-0.39, 0.29) is 23.4 Å². The number of morpholine rings is 1. The van der Waals surface area contributed by atoms with Crippen molar-refractivity contribution < 1.29 is 19.1 Å². The van der Waals surface area contributed by atoms with E-state index < -0.39 is 18.1 Å². The molecule has 0 spiro atoms. The molecule has 2 amide bonds. The molecule has 4 N–H and O–H groups in total. The number of carbonyl (C=O) groups excluding carboxylic acids is 2. The fraction of sp³-hybridized carbons (Fsp3) is 0.286. The number of H-pyrrole nitrogens is 1. The van der Waals surface area contributed by atoms with Crippen LogP contribution in [-0.2, 0) is 20.7 Å². The number of nitrogens with one attached hydrogen (secondary N) is 4. The summed E-state index contributed by atoms with van der Waals surface area (Å²) in [4.78, 5) is 35.4. The molecular weight excluding hydrogens is 614 g/mol. The number of amides is 2. The summed E-state index contributed by atoms with van der Waals surface area (Å²) in [5.41, 5.74) is 4.83. The van der Waals surface area contributed by atoms with E-state index in [1.807, 2.05) is 84.9 Å². The van der Waals surface area contributed by atoms with Crippen LogP contribution >= 0.6 is 12.6 Å². The molecule has 242 valence electrons. The second kappa shape index (κ2) is 15.2. The summed E-state index contributed by atoms with van der Waals surface area (Å²) in [5, 5.41) is 16.9. The quantitative estimate of drug-likeness (QED) is 0.128. The van der Waals surface area contributed by atoms with Crippen molar-refractivity contribution in [1.82, 2.24) is 30.8 Å². The van der Waals surface area contributed by atoms with Crippen molar-refractivity contribution in [3.05, 3.63) is 120 Å². The Balaban J connectivity index is 1.17. The molecule has 0 aliphatic carbocycles. The number of ether oxygens (including phenoxy) is 2. The minimum atomic E-state index is -0.956. The zero-order valence-electron chi connectivity index (χ0n) is 25.9. The monoisotopic (exact) mass is 651 g/mol. The number of fused-ring (bicyclic) bond motifs is 1. The van der Waals surface area contributed by atoms with Gasteiger partial charge in [0.25, 0.3) is 0 Å². The van der Waals surface area contributed by atoms with Crippen LogP contribution in [0.2, 0.25) is 0 Å². The highest BCUT2D eigenvalue weighted by molar-refractivity contribution is 7.80. The topological polar surface area (TPSA) is 143 Å². The number of para-hydroxylation sites is 1. The fourth-order valence-corrected chi connectivity index (χ4v) is 6.43. The largest absolute Gasteiger partial charge is 0.453 e. The SMILES string of the molecule is COC(=O)N[C@H](C(=O)Nc1ccccc1CC[C@@H]1CNC[C@@H](C(S)c2ncnc3[nH]ncc23)O1)C(c1ccccc1)c1ccccc1. The summed E-state index contributed by atoms with van der Waals surface area (Å²) in [6.45, 7) is 1.33. The number of hydrogen-bond donors (Lipinski definition) is 5. The minimum absolute atomic E-state index is 0.0804. The molecule has 6 rings (SSSR count). The number of hydrogen-bond acceptors (Lipinski definition) is 9. The van der Waals surface area contributed by atoms with Crippen LogP contribution in [0, 0.1) is 0 Å². The molecule has 3 heterocycles. The summed E-state index contributed by atoms with van der Waals surface area (Å²) >= 11 is 4.88. The van der Waals surface area contributed by atoms with E-state index in [2.05, 4.69) is 36.1 Å². The average molecular weight is 652 g/mol. The third-order valence-electron chi connectivity index (χ3n) is 8.40. The number of aromatic amines is 1. The minimum Gasteiger partial charge on any atom is -0.453 e. The molecule has 1 unspecified atom stereocenters. The molecule has 0 bridgehead atoms. The Morgan fingerprint density at radius 3 is 2.40 bits per heavy atom. The molecule has 1 saturated heterocycles. The lowest BCUT2D eigenvalue weighted by Gasteiger charge is -2.34. The predicted octanol–water partition coefficient (Wildman–Crippen LogP) is 4.81. The van der Waals surface area contributed by atoms with Gasteiger partial charge < -0.3 is 25.4 Å². The number of carbonyl (C=O) groups is 2. The molecule has 0 saturated carbocycles. The van der Waals surface area contributed by atoms with Crippen LogP contribution in [0.4, 0.5) is 10.5 Å². The molecule has 12 heteroatoms. The summed E-state index contributed by atoms with van der Waals surface area (Å²) in [6.07, 6.45) is 3.60. The first kappa shape index (κ1) is 32.2. The molecule has 4 atom stereocenters. The zero-order chi connectivity index (χ0) is 32.6. The Bertz CT molecular complexity index is 1750. The number of nitrogens with zero attached hydrogens (tertiary/aromatic N) is 3. The van der Waals surface area contributed by atoms with Crippen molar-refractivity contribution >= 4 is 41.3 Å². The van der Waals surface area contributed by atoms with Crippen molar-refractivity contribution in [3.63, 3.8) is 0 Å². The van der Waals surface area contributed by atoms with Crippen LogP contribution in [0.15, 0.2) is 97.5 Å². The van der Waals surface area contributed by atoms with E-state index in [4.69, 9.17) is 22.1 Å². The lowest BCUT2D eigenvalue weighted by molar-refractivity contribution is -0.118. The van der Waals surface area contributed by atoms with Crippen LogP contribution in [0.1, 0.15) is 40.0 Å². The Morgan fingerprint density at radius 2 is 1.68 bits per heavy atom. The maximum atomic E-state index is 14.1. The first-order valence-electron chi connectivity index (χ1n) is 15.5. The third kappa shape index (κ3) is 7.62. The lowest BCUT2D eigenvalue weighted by atomic mass is 9.84. The van der Waals surface area contributed by atoms with Crippen molar-refractivity contribution in [2.45, 2.75) is 42.3 Å². The number of benzene rings is 3. The molecular formula is C35H37N7O4S. The number of thiol groups is 1. The van der Waals surface area contributed by atoms with Gasteiger partial charge in [-0.15, -0.1) is 0 Å². The molecule has 5 aromatic rings. The van der Waals surface area contributed by atoms with Gasteiger partial charge in [0, 0.05) is 24.7 Å². The van der Waals surface area contributed by atoms with Gasteiger partial charge in [0.1, 0.15) is 12.4 Å². The molecule has 0 radical (unpaired) electrons. The highest BCUT2D eigenvalue weighted by Crippen LogP contribution is 2.32. The summed E-state index contributed by atoms with van der Waals surface area (Å²) < 4.78 is 11.5. The van der Waals surface area contributed by atoms with Gasteiger partial charge in [-0.2, -0.15) is 17.7 Å². The Kier molecular flexibility index (Phi) is 10.4. The van der Waals surface area contributed by atoms with Gasteiger partial charge in [-0.1, -0.05) is 78.9 Å². The van der Waals surface area contributed by atoms with Crippen LogP contribution < -0.4 is 16.0 Å². The molecule has 1 fully saturated rings. The van der Waals surface area contributed by atoms with Gasteiger partial charge >= 0.3 is 6.09 Å². The number of rotatable bonds is 11. The molecule has 1 aliphatic heterocycles. The van der Waals surface area contributed by atoms with Crippen LogP contribution in [-0.4, -0.2) is 70.6 Å². The number of aryl methyl sites for hydroxylation is 1. The average Bonchev–Trinajstić information content (AvgIpc) is 3.61. The van der Waals surface area contributed by atoms with Crippen molar-refractivity contribution in [3.8, 4) is 0 Å². The molecule has 3 aromatic carbocycles. The molecule has 47 heavy (non-hydrogen) atoms. The number of anilines is 1. The summed E-state index contributed by atoms with van der Waals surface area (Å²) in [7, 11) is 1.29. The number of aromatic nitrogens is 4. The van der Waals surface area contributed by atoms with Crippen molar-refractivity contribution in [2.24, 2.45) is 0 Å². The maximum Gasteiger partial charge on any atom is 0.407 e. The number of alkyl carbamates (subject to hydrolysis) is 1. The highest BCUT2D eigenvalue weighted by atomic mass is 32.1. The smallest absolute Gasteiger partial charge is 0.407 e. The maximum absolute atomic E-state index is 14.1. The van der Waals surface area contributed by atoms with Gasteiger partial charge in [-0.3, -0.25) is 9.89 Å². The van der Waals surface area contributed by atoms with Gasteiger partial charge in [0.2, 0.25) is 5.91 Å². The fourth-order valence-electron chi connectivity index (χ4n) is 6.05.